The van der Waals surface area contributed by atoms with Crippen molar-refractivity contribution in [3.8, 4) is 11.5 Å². The number of rotatable bonds is 7. The molecule has 146 valence electrons. The fourth-order valence-electron chi connectivity index (χ4n) is 2.67. The molecule has 26 heavy (non-hydrogen) atoms. The van der Waals surface area contributed by atoms with Crippen LogP contribution in [0.2, 0.25) is 5.02 Å². The zero-order valence-corrected chi connectivity index (χ0v) is 18.4. The molecule has 0 atom stereocenters. The van der Waals surface area contributed by atoms with E-state index in [-0.39, 0.29) is 24.0 Å². The predicted molar refractivity (Wildman–Crippen MR) is 114 cm³/mol. The van der Waals surface area contributed by atoms with Crippen molar-refractivity contribution in [3.05, 3.63) is 22.7 Å². The molecular formula is C18H27ClIN3O3. The largest absolute Gasteiger partial charge is 0.486 e. The van der Waals surface area contributed by atoms with Crippen LogP contribution in [0.3, 0.4) is 0 Å². The van der Waals surface area contributed by atoms with Gasteiger partial charge in [-0.3, -0.25) is 4.99 Å². The molecule has 6 nitrogen and oxygen atoms in total. The highest BCUT2D eigenvalue weighted by molar-refractivity contribution is 14.0. The lowest BCUT2D eigenvalue weighted by atomic mass is 10.2. The van der Waals surface area contributed by atoms with Crippen LogP contribution in [0.1, 0.15) is 18.4 Å². The number of likely N-dealkylation sites (N-methyl/N-ethyl adjacent to an activating group) is 1. The molecule has 1 fully saturated rings. The number of nitrogens with one attached hydrogen (secondary N) is 1. The lowest BCUT2D eigenvalue weighted by Gasteiger charge is -2.23. The second kappa shape index (κ2) is 10.4. The van der Waals surface area contributed by atoms with Gasteiger partial charge in [-0.15, -0.1) is 24.0 Å². The van der Waals surface area contributed by atoms with Crippen LogP contribution in [-0.4, -0.2) is 57.9 Å². The van der Waals surface area contributed by atoms with E-state index in [4.69, 9.17) is 25.8 Å². The van der Waals surface area contributed by atoms with Crippen LogP contribution in [0.15, 0.2) is 17.1 Å². The van der Waals surface area contributed by atoms with Crippen molar-refractivity contribution in [2.24, 2.45) is 10.9 Å². The molecule has 1 saturated carbocycles. The lowest BCUT2D eigenvalue weighted by molar-refractivity contribution is 0.115. The Labute approximate surface area is 177 Å². The quantitative estimate of drug-likeness (QED) is 0.273. The topological polar surface area (TPSA) is 55.3 Å². The standard InChI is InChI=1S/C18H26ClN3O3.HI/c1-20-18(22(2)5-6-23-12-13-3-4-13)21-11-14-9-15(19)17-16(10-14)24-7-8-25-17;/h9-10,13H,3-8,11-12H2,1-2H3,(H,20,21);1H. The summed E-state index contributed by atoms with van der Waals surface area (Å²) in [6.07, 6.45) is 2.63. The average Bonchev–Trinajstić information content (AvgIpc) is 3.44. The van der Waals surface area contributed by atoms with Gasteiger partial charge in [-0.2, -0.15) is 0 Å². The van der Waals surface area contributed by atoms with E-state index >= 15 is 0 Å². The predicted octanol–water partition coefficient (Wildman–Crippen LogP) is 3.16. The minimum absolute atomic E-state index is 0. The summed E-state index contributed by atoms with van der Waals surface area (Å²) in [7, 11) is 3.79. The fraction of sp³-hybridized carbons (Fsp3) is 0.611. The van der Waals surface area contributed by atoms with E-state index in [1.165, 1.54) is 12.8 Å². The van der Waals surface area contributed by atoms with Gasteiger partial charge in [0.15, 0.2) is 17.5 Å². The zero-order valence-electron chi connectivity index (χ0n) is 15.3. The van der Waals surface area contributed by atoms with Gasteiger partial charge >= 0.3 is 0 Å². The molecule has 0 bridgehead atoms. The summed E-state index contributed by atoms with van der Waals surface area (Å²) in [5, 5.41) is 3.92. The Morgan fingerprint density at radius 1 is 1.35 bits per heavy atom. The molecule has 0 saturated heterocycles. The second-order valence-electron chi connectivity index (χ2n) is 6.44. The third-order valence-electron chi connectivity index (χ3n) is 4.30. The van der Waals surface area contributed by atoms with E-state index in [1.807, 2.05) is 19.2 Å². The van der Waals surface area contributed by atoms with Gasteiger partial charge in [-0.25, -0.2) is 0 Å². The van der Waals surface area contributed by atoms with E-state index < -0.39 is 0 Å². The molecule has 1 heterocycles. The van der Waals surface area contributed by atoms with Gasteiger partial charge in [0.2, 0.25) is 0 Å². The van der Waals surface area contributed by atoms with Crippen molar-refractivity contribution in [1.29, 1.82) is 0 Å². The number of hydrogen-bond acceptors (Lipinski definition) is 4. The van der Waals surface area contributed by atoms with Gasteiger partial charge in [-0.05, 0) is 36.5 Å². The van der Waals surface area contributed by atoms with Gasteiger partial charge in [0.25, 0.3) is 0 Å². The highest BCUT2D eigenvalue weighted by Crippen LogP contribution is 2.38. The third kappa shape index (κ3) is 6.06. The summed E-state index contributed by atoms with van der Waals surface area (Å²) < 4.78 is 16.9. The van der Waals surface area contributed by atoms with Crippen LogP contribution in [0.5, 0.6) is 11.5 Å². The van der Waals surface area contributed by atoms with Crippen molar-refractivity contribution >= 4 is 41.5 Å². The first-order valence-electron chi connectivity index (χ1n) is 8.75. The molecule has 3 rings (SSSR count). The highest BCUT2D eigenvalue weighted by Gasteiger charge is 2.21. The van der Waals surface area contributed by atoms with Gasteiger partial charge < -0.3 is 24.4 Å². The molecule has 1 N–H and O–H groups in total. The average molecular weight is 496 g/mol. The Kier molecular flexibility index (Phi) is 8.56. The molecule has 1 aromatic rings. The van der Waals surface area contributed by atoms with Crippen molar-refractivity contribution in [2.75, 3.05) is 47.1 Å². The van der Waals surface area contributed by atoms with Crippen LogP contribution in [0, 0.1) is 5.92 Å². The molecule has 2 aliphatic rings. The van der Waals surface area contributed by atoms with Gasteiger partial charge in [0, 0.05) is 33.8 Å². The maximum absolute atomic E-state index is 6.28. The Morgan fingerprint density at radius 2 is 2.12 bits per heavy atom. The van der Waals surface area contributed by atoms with E-state index in [1.54, 1.807) is 7.05 Å². The minimum atomic E-state index is 0. The summed E-state index contributed by atoms with van der Waals surface area (Å²) in [6.45, 7) is 4.08. The molecule has 1 aromatic carbocycles. The van der Waals surface area contributed by atoms with Gasteiger partial charge in [0.05, 0.1) is 11.6 Å². The fourth-order valence-corrected chi connectivity index (χ4v) is 2.96. The number of aliphatic imine (C=N–C) groups is 1. The van der Waals surface area contributed by atoms with E-state index in [0.717, 1.165) is 30.6 Å². The maximum atomic E-state index is 6.28. The van der Waals surface area contributed by atoms with Crippen LogP contribution in [-0.2, 0) is 11.3 Å². The molecule has 0 amide bonds. The number of fused-ring (bicyclic) bond motifs is 1. The maximum Gasteiger partial charge on any atom is 0.193 e. The summed E-state index contributed by atoms with van der Waals surface area (Å²) in [4.78, 5) is 6.39. The summed E-state index contributed by atoms with van der Waals surface area (Å²) >= 11 is 6.28. The summed E-state index contributed by atoms with van der Waals surface area (Å²) in [6, 6.07) is 3.85. The smallest absolute Gasteiger partial charge is 0.193 e. The van der Waals surface area contributed by atoms with Crippen LogP contribution >= 0.6 is 35.6 Å². The SMILES string of the molecule is CN=C(NCc1cc(Cl)c2c(c1)OCCO2)N(C)CCOCC1CC1.I. The van der Waals surface area contributed by atoms with Crippen LogP contribution in [0.4, 0.5) is 0 Å². The lowest BCUT2D eigenvalue weighted by Crippen LogP contribution is -2.40. The summed E-state index contributed by atoms with van der Waals surface area (Å²) in [5.74, 6) is 2.95. The number of benzene rings is 1. The van der Waals surface area contributed by atoms with Crippen molar-refractivity contribution in [3.63, 3.8) is 0 Å². The molecule has 1 aliphatic carbocycles. The second-order valence-corrected chi connectivity index (χ2v) is 6.85. The van der Waals surface area contributed by atoms with Crippen molar-refractivity contribution in [1.82, 2.24) is 10.2 Å². The molecule has 0 unspecified atom stereocenters. The Bertz CT molecular complexity index is 626. The van der Waals surface area contributed by atoms with Crippen LogP contribution in [0.25, 0.3) is 0 Å². The normalized spacial score (nSPS) is 16.0. The number of halogens is 2. The van der Waals surface area contributed by atoms with Gasteiger partial charge in [0.1, 0.15) is 13.2 Å². The highest BCUT2D eigenvalue weighted by atomic mass is 127. The number of hydrogen-bond donors (Lipinski definition) is 1. The van der Waals surface area contributed by atoms with Crippen molar-refractivity contribution in [2.45, 2.75) is 19.4 Å². The Hall–Kier alpha value is -0.930. The molecule has 0 aromatic heterocycles. The molecule has 8 heteroatoms. The number of ether oxygens (including phenoxy) is 3. The first kappa shape index (κ1) is 21.4. The minimum Gasteiger partial charge on any atom is -0.486 e. The Balaban J connectivity index is 0.00000243. The third-order valence-corrected chi connectivity index (χ3v) is 4.58. The van der Waals surface area contributed by atoms with E-state index in [2.05, 4.69) is 15.2 Å². The first-order chi connectivity index (χ1) is 12.2. The number of nitrogens with zero attached hydrogens (tertiary/aromatic N) is 2. The first-order valence-corrected chi connectivity index (χ1v) is 9.12. The van der Waals surface area contributed by atoms with Crippen molar-refractivity contribution < 1.29 is 14.2 Å². The van der Waals surface area contributed by atoms with Gasteiger partial charge in [-0.1, -0.05) is 11.6 Å². The zero-order chi connectivity index (χ0) is 17.6. The van der Waals surface area contributed by atoms with E-state index in [0.29, 0.717) is 42.9 Å². The molecule has 0 spiro atoms. The molecule has 0 radical (unpaired) electrons. The van der Waals surface area contributed by atoms with E-state index in [9.17, 15) is 0 Å². The molecular weight excluding hydrogens is 469 g/mol. The Morgan fingerprint density at radius 3 is 2.85 bits per heavy atom. The number of guanidine groups is 1. The van der Waals surface area contributed by atoms with Crippen LogP contribution < -0.4 is 14.8 Å². The summed E-state index contributed by atoms with van der Waals surface area (Å²) in [5.41, 5.74) is 1.02. The molecule has 1 aliphatic heterocycles. The monoisotopic (exact) mass is 495 g/mol.